The van der Waals surface area contributed by atoms with Crippen molar-refractivity contribution in [1.82, 2.24) is 4.57 Å². The number of ketones is 2. The lowest BCUT2D eigenvalue weighted by Crippen LogP contribution is -2.29. The van der Waals surface area contributed by atoms with Crippen molar-refractivity contribution >= 4 is 39.8 Å². The van der Waals surface area contributed by atoms with Gasteiger partial charge in [-0.3, -0.25) is 14.4 Å². The first-order valence-electron chi connectivity index (χ1n) is 9.69. The van der Waals surface area contributed by atoms with Crippen LogP contribution in [0.4, 0.5) is 23.2 Å². The number of halogens is 5. The van der Waals surface area contributed by atoms with Gasteiger partial charge in [0.1, 0.15) is 5.82 Å². The maximum absolute atomic E-state index is 15.0. The first-order valence-corrected chi connectivity index (χ1v) is 10.1. The summed E-state index contributed by atoms with van der Waals surface area (Å²) in [6.07, 6.45) is -3.51. The Labute approximate surface area is 178 Å². The number of aromatic nitrogens is 1. The smallest absolute Gasteiger partial charge is 0.366 e. The van der Waals surface area contributed by atoms with Crippen LogP contribution >= 0.6 is 11.6 Å². The van der Waals surface area contributed by atoms with Gasteiger partial charge in [0, 0.05) is 31.4 Å². The molecule has 1 aliphatic carbocycles. The molecule has 11 heteroatoms. The normalized spacial score (nSPS) is 19.3. The van der Waals surface area contributed by atoms with E-state index in [1.807, 2.05) is 0 Å². The van der Waals surface area contributed by atoms with Crippen LogP contribution in [0.5, 0.6) is 0 Å². The van der Waals surface area contributed by atoms with E-state index in [-0.39, 0.29) is 33.7 Å². The molecule has 0 amide bonds. The van der Waals surface area contributed by atoms with Gasteiger partial charge in [-0.15, -0.1) is 0 Å². The highest BCUT2D eigenvalue weighted by molar-refractivity contribution is 6.38. The Morgan fingerprint density at radius 1 is 1.23 bits per heavy atom. The van der Waals surface area contributed by atoms with Crippen molar-refractivity contribution in [3.8, 4) is 0 Å². The highest BCUT2D eigenvalue weighted by Gasteiger charge is 2.40. The molecule has 0 spiro atoms. The highest BCUT2D eigenvalue weighted by Crippen LogP contribution is 2.42. The average Bonchev–Trinajstić information content (AvgIpc) is 3.43. The molecule has 1 aromatic heterocycles. The van der Waals surface area contributed by atoms with Crippen molar-refractivity contribution in [3.63, 3.8) is 0 Å². The molecule has 1 aliphatic heterocycles. The summed E-state index contributed by atoms with van der Waals surface area (Å²) in [4.78, 5) is 38.2. The Hall–Kier alpha value is -2.46. The fourth-order valence-electron chi connectivity index (χ4n) is 3.89. The molecule has 31 heavy (non-hydrogen) atoms. The van der Waals surface area contributed by atoms with E-state index in [1.54, 1.807) is 4.90 Å². The van der Waals surface area contributed by atoms with Crippen molar-refractivity contribution in [1.29, 1.82) is 0 Å². The highest BCUT2D eigenvalue weighted by atomic mass is 35.5. The van der Waals surface area contributed by atoms with Gasteiger partial charge < -0.3 is 15.2 Å². The Bertz CT molecular complexity index is 1160. The van der Waals surface area contributed by atoms with Crippen molar-refractivity contribution in [2.24, 2.45) is 5.73 Å². The zero-order valence-corrected chi connectivity index (χ0v) is 16.9. The minimum atomic E-state index is -5.19. The van der Waals surface area contributed by atoms with Gasteiger partial charge in [-0.2, -0.15) is 13.2 Å². The molecule has 4 rings (SSSR count). The summed E-state index contributed by atoms with van der Waals surface area (Å²) in [5, 5.41) is -0.231. The van der Waals surface area contributed by atoms with Crippen molar-refractivity contribution in [2.75, 3.05) is 18.0 Å². The Morgan fingerprint density at radius 3 is 2.45 bits per heavy atom. The van der Waals surface area contributed by atoms with Gasteiger partial charge in [0.2, 0.25) is 5.78 Å². The second kappa shape index (κ2) is 7.59. The van der Waals surface area contributed by atoms with E-state index in [1.165, 1.54) is 4.57 Å². The third-order valence-corrected chi connectivity index (χ3v) is 5.96. The van der Waals surface area contributed by atoms with Gasteiger partial charge in [0.05, 0.1) is 33.6 Å². The molecular weight excluding hydrogens is 442 g/mol. The molecule has 0 radical (unpaired) electrons. The second-order valence-electron chi connectivity index (χ2n) is 7.94. The number of Topliss-reactive ketones (excluding diaryl/α,β-unsaturated/α-hetero) is 2. The summed E-state index contributed by atoms with van der Waals surface area (Å²) >= 11 is 6.53. The van der Waals surface area contributed by atoms with Gasteiger partial charge in [0.15, 0.2) is 11.2 Å². The lowest BCUT2D eigenvalue weighted by atomic mass is 10.0. The van der Waals surface area contributed by atoms with E-state index < -0.39 is 41.0 Å². The Balaban J connectivity index is 1.87. The number of alkyl halides is 3. The minimum Gasteiger partial charge on any atom is -0.366 e. The van der Waals surface area contributed by atoms with E-state index in [2.05, 4.69) is 0 Å². The SMILES string of the molecule is N[C@@H]1CCN(c2c(F)cc3c(=O)c(C(=O)CC(=O)C(F)(F)F)cn(C4CC4)c3c2Cl)C1. The molecule has 2 heterocycles. The van der Waals surface area contributed by atoms with Crippen LogP contribution in [0.2, 0.25) is 5.02 Å². The van der Waals surface area contributed by atoms with Crippen LogP contribution < -0.4 is 16.1 Å². The third-order valence-electron chi connectivity index (χ3n) is 5.60. The van der Waals surface area contributed by atoms with Crippen molar-refractivity contribution in [2.45, 2.75) is 43.9 Å². The number of anilines is 1. The fourth-order valence-corrected chi connectivity index (χ4v) is 4.30. The third kappa shape index (κ3) is 3.94. The van der Waals surface area contributed by atoms with Crippen LogP contribution in [0.15, 0.2) is 17.1 Å². The summed E-state index contributed by atoms with van der Waals surface area (Å²) in [6, 6.07) is 0.664. The van der Waals surface area contributed by atoms with Gasteiger partial charge in [-0.25, -0.2) is 4.39 Å². The summed E-state index contributed by atoms with van der Waals surface area (Å²) in [5.74, 6) is -4.31. The lowest BCUT2D eigenvalue weighted by Gasteiger charge is -2.23. The zero-order chi connectivity index (χ0) is 22.7. The monoisotopic (exact) mass is 459 g/mol. The number of carbonyl (C=O) groups excluding carboxylic acids is 2. The molecular formula is C20H18ClF4N3O3. The van der Waals surface area contributed by atoms with Crippen LogP contribution in [0.25, 0.3) is 10.9 Å². The molecule has 2 fully saturated rings. The summed E-state index contributed by atoms with van der Waals surface area (Å²) in [6.45, 7) is 0.860. The number of fused-ring (bicyclic) bond motifs is 1. The number of nitrogens with zero attached hydrogens (tertiary/aromatic N) is 2. The number of benzene rings is 1. The standard InChI is InChI=1S/C20H18ClF4N3O3/c21-16-17-11(5-13(22)18(16)27-4-3-9(26)7-27)19(31)12(8-28(17)10-1-2-10)14(29)6-15(30)20(23,24)25/h5,8-10H,1-4,6-7,26H2/t9-/m1/s1. The molecule has 1 atom stereocenters. The van der Waals surface area contributed by atoms with Crippen molar-refractivity contribution in [3.05, 3.63) is 38.9 Å². The van der Waals surface area contributed by atoms with Crippen LogP contribution in [-0.2, 0) is 4.79 Å². The number of pyridine rings is 1. The summed E-state index contributed by atoms with van der Waals surface area (Å²) in [7, 11) is 0. The van der Waals surface area contributed by atoms with E-state index in [4.69, 9.17) is 17.3 Å². The molecule has 1 saturated heterocycles. The number of rotatable bonds is 5. The van der Waals surface area contributed by atoms with E-state index in [0.717, 1.165) is 12.3 Å². The molecule has 0 unspecified atom stereocenters. The number of hydrogen-bond acceptors (Lipinski definition) is 5. The largest absolute Gasteiger partial charge is 0.450 e. The predicted molar refractivity (Wildman–Crippen MR) is 106 cm³/mol. The van der Waals surface area contributed by atoms with Crippen LogP contribution in [0.1, 0.15) is 42.1 Å². The van der Waals surface area contributed by atoms with E-state index in [9.17, 15) is 31.9 Å². The maximum Gasteiger partial charge on any atom is 0.450 e. The average molecular weight is 460 g/mol. The van der Waals surface area contributed by atoms with E-state index in [0.29, 0.717) is 32.4 Å². The molecule has 1 aromatic carbocycles. The minimum absolute atomic E-state index is 0.0153. The van der Waals surface area contributed by atoms with Gasteiger partial charge in [-0.05, 0) is 25.3 Å². The summed E-state index contributed by atoms with van der Waals surface area (Å²) < 4.78 is 54.2. The molecule has 2 aliphatic rings. The summed E-state index contributed by atoms with van der Waals surface area (Å²) in [5.41, 5.74) is 4.66. The second-order valence-corrected chi connectivity index (χ2v) is 8.32. The maximum atomic E-state index is 15.0. The molecule has 6 nitrogen and oxygen atoms in total. The van der Waals surface area contributed by atoms with Crippen LogP contribution in [0, 0.1) is 5.82 Å². The van der Waals surface area contributed by atoms with Gasteiger partial charge >= 0.3 is 6.18 Å². The quantitative estimate of drug-likeness (QED) is 0.421. The molecule has 2 aromatic rings. The van der Waals surface area contributed by atoms with Crippen LogP contribution in [-0.4, -0.2) is 41.4 Å². The number of carbonyl (C=O) groups is 2. The molecule has 166 valence electrons. The number of hydrogen-bond donors (Lipinski definition) is 1. The van der Waals surface area contributed by atoms with Gasteiger partial charge in [0.25, 0.3) is 0 Å². The van der Waals surface area contributed by atoms with Crippen molar-refractivity contribution < 1.29 is 27.2 Å². The molecule has 0 bridgehead atoms. The lowest BCUT2D eigenvalue weighted by molar-refractivity contribution is -0.170. The fraction of sp³-hybridized carbons (Fsp3) is 0.450. The van der Waals surface area contributed by atoms with Gasteiger partial charge in [-0.1, -0.05) is 11.6 Å². The Morgan fingerprint density at radius 2 is 1.90 bits per heavy atom. The van der Waals surface area contributed by atoms with Crippen LogP contribution in [0.3, 0.4) is 0 Å². The first kappa shape index (κ1) is 21.8. The molecule has 2 N–H and O–H groups in total. The zero-order valence-electron chi connectivity index (χ0n) is 16.1. The first-order chi connectivity index (χ1) is 14.5. The van der Waals surface area contributed by atoms with E-state index >= 15 is 0 Å². The topological polar surface area (TPSA) is 85.4 Å². The predicted octanol–water partition coefficient (Wildman–Crippen LogP) is 3.37. The molecule has 1 saturated carbocycles. The number of nitrogens with two attached hydrogens (primary N) is 1. The Kier molecular flexibility index (Phi) is 5.33.